The van der Waals surface area contributed by atoms with Crippen molar-refractivity contribution in [3.63, 3.8) is 0 Å². The predicted molar refractivity (Wildman–Crippen MR) is 69.4 cm³/mol. The second-order valence-electron chi connectivity index (χ2n) is 3.16. The number of nitro groups is 1. The zero-order valence-electron chi connectivity index (χ0n) is 8.26. The van der Waals surface area contributed by atoms with Crippen LogP contribution >= 0.6 is 38.9 Å². The van der Waals surface area contributed by atoms with E-state index in [0.717, 1.165) is 15.5 Å². The maximum atomic E-state index is 10.6. The summed E-state index contributed by atoms with van der Waals surface area (Å²) in [6.45, 7) is 0.357. The number of hydrogen-bond acceptors (Lipinski definition) is 5. The highest BCUT2D eigenvalue weighted by atomic mass is 79.9. The van der Waals surface area contributed by atoms with Crippen molar-refractivity contribution in [3.8, 4) is 0 Å². The van der Waals surface area contributed by atoms with Crippen LogP contribution < -0.4 is 5.73 Å². The van der Waals surface area contributed by atoms with Crippen molar-refractivity contribution in [2.45, 2.75) is 6.54 Å². The molecule has 0 atom stereocenters. The Balaban J connectivity index is 2.27. The van der Waals surface area contributed by atoms with Gasteiger partial charge < -0.3 is 5.73 Å². The summed E-state index contributed by atoms with van der Waals surface area (Å²) < 4.78 is 2.78. The Morgan fingerprint density at radius 1 is 1.71 bits per heavy atom. The molecule has 2 heterocycles. The summed E-state index contributed by atoms with van der Waals surface area (Å²) in [7, 11) is 0. The van der Waals surface area contributed by atoms with Crippen molar-refractivity contribution >= 4 is 50.4 Å². The van der Waals surface area contributed by atoms with Gasteiger partial charge in [0, 0.05) is 9.35 Å². The third-order valence-electron chi connectivity index (χ3n) is 2.06. The molecule has 0 saturated carbocycles. The van der Waals surface area contributed by atoms with Gasteiger partial charge in [-0.1, -0.05) is 11.6 Å². The highest BCUT2D eigenvalue weighted by molar-refractivity contribution is 9.10. The lowest BCUT2D eigenvalue weighted by molar-refractivity contribution is -0.384. The van der Waals surface area contributed by atoms with Crippen molar-refractivity contribution in [1.29, 1.82) is 0 Å². The molecule has 0 amide bonds. The summed E-state index contributed by atoms with van der Waals surface area (Å²) in [5.41, 5.74) is 5.43. The van der Waals surface area contributed by atoms with E-state index in [2.05, 4.69) is 21.0 Å². The van der Waals surface area contributed by atoms with Gasteiger partial charge in [-0.15, -0.1) is 11.3 Å². The maximum absolute atomic E-state index is 10.6. The van der Waals surface area contributed by atoms with Gasteiger partial charge in [0.15, 0.2) is 0 Å². The van der Waals surface area contributed by atoms with E-state index in [1.165, 1.54) is 16.0 Å². The van der Waals surface area contributed by atoms with Crippen LogP contribution in [-0.2, 0) is 6.54 Å². The molecule has 0 bridgehead atoms. The van der Waals surface area contributed by atoms with E-state index < -0.39 is 4.92 Å². The van der Waals surface area contributed by atoms with Crippen LogP contribution in [0.3, 0.4) is 0 Å². The SMILES string of the molecule is Nc1c([N+](=O)[O-])cnn1Cc1cc(Br)c(Cl)s1. The molecule has 6 nitrogen and oxygen atoms in total. The minimum atomic E-state index is -0.559. The van der Waals surface area contributed by atoms with Gasteiger partial charge in [0.05, 0.1) is 11.5 Å². The first-order chi connectivity index (χ1) is 7.99. The minimum absolute atomic E-state index is 0.0376. The molecule has 2 aromatic rings. The predicted octanol–water partition coefficient (Wildman–Crippen LogP) is 2.90. The topological polar surface area (TPSA) is 87.0 Å². The Labute approximate surface area is 113 Å². The average molecular weight is 338 g/mol. The van der Waals surface area contributed by atoms with Crippen LogP contribution in [0.5, 0.6) is 0 Å². The van der Waals surface area contributed by atoms with E-state index in [0.29, 0.717) is 10.9 Å². The molecular weight excluding hydrogens is 332 g/mol. The molecule has 90 valence electrons. The van der Waals surface area contributed by atoms with Crippen LogP contribution in [0, 0.1) is 10.1 Å². The van der Waals surface area contributed by atoms with Gasteiger partial charge in [0.25, 0.3) is 0 Å². The zero-order chi connectivity index (χ0) is 12.6. The first-order valence-electron chi connectivity index (χ1n) is 4.38. The molecule has 0 aliphatic heterocycles. The highest BCUT2D eigenvalue weighted by Crippen LogP contribution is 2.33. The maximum Gasteiger partial charge on any atom is 0.330 e. The minimum Gasteiger partial charge on any atom is -0.378 e. The van der Waals surface area contributed by atoms with E-state index in [4.69, 9.17) is 17.3 Å². The Bertz CT molecular complexity index is 563. The molecule has 2 rings (SSSR count). The summed E-state index contributed by atoms with van der Waals surface area (Å²) in [4.78, 5) is 10.9. The number of rotatable bonds is 3. The molecule has 0 spiro atoms. The molecule has 2 aromatic heterocycles. The second kappa shape index (κ2) is 4.63. The van der Waals surface area contributed by atoms with Crippen LogP contribution in [0.25, 0.3) is 0 Å². The summed E-state index contributed by atoms with van der Waals surface area (Å²) >= 11 is 10.5. The number of aromatic nitrogens is 2. The van der Waals surface area contributed by atoms with Crippen LogP contribution in [0.2, 0.25) is 4.34 Å². The Morgan fingerprint density at radius 2 is 2.41 bits per heavy atom. The lowest BCUT2D eigenvalue weighted by Crippen LogP contribution is -2.05. The lowest BCUT2D eigenvalue weighted by Gasteiger charge is -1.99. The first kappa shape index (κ1) is 12.3. The number of thiophene rings is 1. The van der Waals surface area contributed by atoms with E-state index in [1.54, 1.807) is 0 Å². The Morgan fingerprint density at radius 3 is 2.88 bits per heavy atom. The zero-order valence-corrected chi connectivity index (χ0v) is 11.4. The Hall–Kier alpha value is -1.12. The van der Waals surface area contributed by atoms with Crippen LogP contribution in [0.4, 0.5) is 11.5 Å². The molecule has 0 saturated heterocycles. The molecule has 0 aliphatic rings. The molecule has 0 unspecified atom stereocenters. The third-order valence-corrected chi connectivity index (χ3v) is 4.52. The van der Waals surface area contributed by atoms with Crippen molar-refractivity contribution in [2.24, 2.45) is 0 Å². The van der Waals surface area contributed by atoms with E-state index >= 15 is 0 Å². The van der Waals surface area contributed by atoms with E-state index in [1.807, 2.05) is 6.07 Å². The first-order valence-corrected chi connectivity index (χ1v) is 6.37. The Kier molecular flexibility index (Phi) is 3.36. The number of nitrogen functional groups attached to an aromatic ring is 1. The fourth-order valence-corrected chi connectivity index (χ4v) is 3.04. The average Bonchev–Trinajstić information content (AvgIpc) is 2.74. The number of halogens is 2. The van der Waals surface area contributed by atoms with Gasteiger partial charge in [-0.05, 0) is 22.0 Å². The summed E-state index contributed by atoms with van der Waals surface area (Å²) in [6.07, 6.45) is 1.14. The molecule has 0 fully saturated rings. The highest BCUT2D eigenvalue weighted by Gasteiger charge is 2.18. The smallest absolute Gasteiger partial charge is 0.330 e. The van der Waals surface area contributed by atoms with Gasteiger partial charge in [-0.3, -0.25) is 10.1 Å². The molecule has 0 aromatic carbocycles. The van der Waals surface area contributed by atoms with Crippen LogP contribution in [0.1, 0.15) is 4.88 Å². The van der Waals surface area contributed by atoms with Gasteiger partial charge in [0.1, 0.15) is 10.5 Å². The largest absolute Gasteiger partial charge is 0.378 e. The summed E-state index contributed by atoms with van der Waals surface area (Å²) in [5.74, 6) is 0.0376. The fourth-order valence-electron chi connectivity index (χ4n) is 1.27. The molecule has 17 heavy (non-hydrogen) atoms. The number of nitrogens with two attached hydrogens (primary N) is 1. The molecule has 0 aliphatic carbocycles. The van der Waals surface area contributed by atoms with E-state index in [9.17, 15) is 10.1 Å². The summed E-state index contributed by atoms with van der Waals surface area (Å²) in [5, 5.41) is 14.5. The summed E-state index contributed by atoms with van der Waals surface area (Å²) in [6, 6.07) is 1.83. The van der Waals surface area contributed by atoms with Gasteiger partial charge in [0.2, 0.25) is 5.82 Å². The van der Waals surface area contributed by atoms with Gasteiger partial charge in [-0.25, -0.2) is 4.68 Å². The van der Waals surface area contributed by atoms with Gasteiger partial charge >= 0.3 is 5.69 Å². The monoisotopic (exact) mass is 336 g/mol. The number of hydrogen-bond donors (Lipinski definition) is 1. The third kappa shape index (κ3) is 2.43. The quantitative estimate of drug-likeness (QED) is 0.689. The van der Waals surface area contributed by atoms with Gasteiger partial charge in [-0.2, -0.15) is 5.10 Å². The number of nitrogens with zero attached hydrogens (tertiary/aromatic N) is 3. The fraction of sp³-hybridized carbons (Fsp3) is 0.125. The van der Waals surface area contributed by atoms with Crippen molar-refractivity contribution in [2.75, 3.05) is 5.73 Å². The van der Waals surface area contributed by atoms with Crippen molar-refractivity contribution in [1.82, 2.24) is 9.78 Å². The van der Waals surface area contributed by atoms with Crippen molar-refractivity contribution < 1.29 is 4.92 Å². The van der Waals surface area contributed by atoms with Crippen LogP contribution in [0.15, 0.2) is 16.7 Å². The van der Waals surface area contributed by atoms with Crippen molar-refractivity contribution in [3.05, 3.63) is 36.1 Å². The molecular formula is C8H6BrClN4O2S. The number of anilines is 1. The van der Waals surface area contributed by atoms with Crippen LogP contribution in [-0.4, -0.2) is 14.7 Å². The van der Waals surface area contributed by atoms with E-state index in [-0.39, 0.29) is 11.5 Å². The standard InChI is InChI=1S/C8H6BrClN4O2S/c9-5-1-4(17-7(5)10)3-13-8(11)6(2-12-13)14(15)16/h1-2H,3,11H2. The molecule has 2 N–H and O–H groups in total. The molecule has 9 heteroatoms. The lowest BCUT2D eigenvalue weighted by atomic mass is 10.4. The normalized spacial score (nSPS) is 10.7. The second-order valence-corrected chi connectivity index (χ2v) is 5.76. The molecule has 0 radical (unpaired) electrons.